The van der Waals surface area contributed by atoms with Crippen molar-refractivity contribution < 1.29 is 17.9 Å². The Morgan fingerprint density at radius 2 is 2.14 bits per heavy atom. The average molecular weight is 350 g/mol. The van der Waals surface area contributed by atoms with Gasteiger partial charge in [0.2, 0.25) is 10.0 Å². The molecule has 0 bridgehead atoms. The van der Waals surface area contributed by atoms with E-state index in [0.29, 0.717) is 0 Å². The minimum atomic E-state index is -3.77. The van der Waals surface area contributed by atoms with Crippen molar-refractivity contribution in [2.24, 2.45) is 0 Å². The van der Waals surface area contributed by atoms with Crippen LogP contribution in [-0.2, 0) is 10.0 Å². The third-order valence-electron chi connectivity index (χ3n) is 2.84. The zero-order valence-corrected chi connectivity index (χ0v) is 13.2. The van der Waals surface area contributed by atoms with Crippen molar-refractivity contribution in [1.82, 2.24) is 4.72 Å². The summed E-state index contributed by atoms with van der Waals surface area (Å²) in [7, 11) is -3.77. The number of halogens is 2. The zero-order valence-electron chi connectivity index (χ0n) is 10.8. The molecule has 8 heteroatoms. The molecule has 0 unspecified atom stereocenters. The van der Waals surface area contributed by atoms with Gasteiger partial charge in [0.25, 0.3) is 0 Å². The predicted molar refractivity (Wildman–Crippen MR) is 80.5 cm³/mol. The van der Waals surface area contributed by atoms with Gasteiger partial charge in [-0.1, -0.05) is 11.6 Å². The number of thiophene rings is 1. The lowest BCUT2D eigenvalue weighted by Crippen LogP contribution is -2.26. The molecular weight excluding hydrogens is 337 g/mol. The molecule has 0 aliphatic rings. The molecule has 114 valence electrons. The molecule has 0 amide bonds. The molecule has 2 rings (SSSR count). The van der Waals surface area contributed by atoms with Gasteiger partial charge in [0.15, 0.2) is 0 Å². The van der Waals surface area contributed by atoms with Crippen LogP contribution < -0.4 is 4.72 Å². The van der Waals surface area contributed by atoms with Crippen LogP contribution in [0.1, 0.15) is 18.1 Å². The van der Waals surface area contributed by atoms with Crippen molar-refractivity contribution in [2.45, 2.75) is 17.4 Å². The monoisotopic (exact) mass is 349 g/mol. The summed E-state index contributed by atoms with van der Waals surface area (Å²) < 4.78 is 39.4. The zero-order chi connectivity index (χ0) is 15.5. The topological polar surface area (TPSA) is 66.4 Å². The van der Waals surface area contributed by atoms with Crippen LogP contribution in [-0.4, -0.2) is 20.1 Å². The molecule has 2 aromatic rings. The summed E-state index contributed by atoms with van der Waals surface area (Å²) in [6.07, 6.45) is -0.485. The highest BCUT2D eigenvalue weighted by Gasteiger charge is 2.16. The van der Waals surface area contributed by atoms with Gasteiger partial charge < -0.3 is 5.11 Å². The number of aliphatic hydroxyl groups is 1. The van der Waals surface area contributed by atoms with E-state index in [2.05, 4.69) is 4.72 Å². The van der Waals surface area contributed by atoms with Gasteiger partial charge in [0.05, 0.1) is 16.0 Å². The smallest absolute Gasteiger partial charge is 0.240 e. The van der Waals surface area contributed by atoms with Gasteiger partial charge in [-0.2, -0.15) is 11.3 Å². The summed E-state index contributed by atoms with van der Waals surface area (Å²) in [6.45, 7) is 0.0638. The van der Waals surface area contributed by atoms with E-state index in [-0.39, 0.29) is 22.9 Å². The highest BCUT2D eigenvalue weighted by Crippen LogP contribution is 2.21. The Labute approximate surface area is 131 Å². The number of hydrogen-bond donors (Lipinski definition) is 2. The quantitative estimate of drug-likeness (QED) is 0.842. The first-order chi connectivity index (χ1) is 9.90. The van der Waals surface area contributed by atoms with Gasteiger partial charge in [0, 0.05) is 6.54 Å². The number of benzene rings is 1. The van der Waals surface area contributed by atoms with Gasteiger partial charge in [-0.3, -0.25) is 0 Å². The van der Waals surface area contributed by atoms with Crippen molar-refractivity contribution in [3.8, 4) is 0 Å². The standard InChI is InChI=1S/C13H13ClFNO3S2/c14-11-7-10(1-2-12(11)15)21(18,19)16-5-3-13(17)9-4-6-20-8-9/h1-2,4,6-8,13,16-17H,3,5H2/t13-/m1/s1. The fraction of sp³-hybridized carbons (Fsp3) is 0.231. The molecule has 0 aliphatic heterocycles. The van der Waals surface area contributed by atoms with Gasteiger partial charge in [0.1, 0.15) is 5.82 Å². The Bertz CT molecular complexity index is 704. The van der Waals surface area contributed by atoms with E-state index in [9.17, 15) is 17.9 Å². The van der Waals surface area contributed by atoms with Crippen molar-refractivity contribution in [3.63, 3.8) is 0 Å². The van der Waals surface area contributed by atoms with Gasteiger partial charge >= 0.3 is 0 Å². The molecule has 0 radical (unpaired) electrons. The lowest BCUT2D eigenvalue weighted by atomic mass is 10.1. The molecule has 4 nitrogen and oxygen atoms in total. The summed E-state index contributed by atoms with van der Waals surface area (Å²) in [5.74, 6) is -0.677. The number of nitrogens with one attached hydrogen (secondary N) is 1. The Hall–Kier alpha value is -0.990. The molecule has 0 saturated carbocycles. The third kappa shape index (κ3) is 4.24. The number of aliphatic hydroxyl groups excluding tert-OH is 1. The number of hydrogen-bond acceptors (Lipinski definition) is 4. The Balaban J connectivity index is 1.96. The predicted octanol–water partition coefficient (Wildman–Crippen LogP) is 2.94. The molecule has 0 saturated heterocycles. The summed E-state index contributed by atoms with van der Waals surface area (Å²) in [5, 5.41) is 13.2. The number of sulfonamides is 1. The molecule has 1 aromatic carbocycles. The molecule has 1 aromatic heterocycles. The average Bonchev–Trinajstić information content (AvgIpc) is 2.95. The van der Waals surface area contributed by atoms with E-state index in [4.69, 9.17) is 11.6 Å². The van der Waals surface area contributed by atoms with Crippen LogP contribution in [0.5, 0.6) is 0 Å². The lowest BCUT2D eigenvalue weighted by Gasteiger charge is -2.10. The van der Waals surface area contributed by atoms with E-state index in [1.54, 1.807) is 11.4 Å². The van der Waals surface area contributed by atoms with E-state index < -0.39 is 21.9 Å². The van der Waals surface area contributed by atoms with Crippen molar-refractivity contribution in [3.05, 3.63) is 51.4 Å². The van der Waals surface area contributed by atoms with Crippen LogP contribution >= 0.6 is 22.9 Å². The highest BCUT2D eigenvalue weighted by molar-refractivity contribution is 7.89. The maximum absolute atomic E-state index is 13.0. The Morgan fingerprint density at radius 1 is 1.38 bits per heavy atom. The third-order valence-corrected chi connectivity index (χ3v) is 5.29. The second kappa shape index (κ2) is 6.85. The second-order valence-corrected chi connectivity index (χ2v) is 7.29. The van der Waals surface area contributed by atoms with E-state index in [1.807, 2.05) is 5.38 Å². The minimum absolute atomic E-state index is 0.0638. The van der Waals surface area contributed by atoms with Crippen molar-refractivity contribution in [1.29, 1.82) is 0 Å². The van der Waals surface area contributed by atoms with Crippen LogP contribution in [0.4, 0.5) is 4.39 Å². The summed E-state index contributed by atoms with van der Waals surface area (Å²) in [6, 6.07) is 4.97. The first-order valence-corrected chi connectivity index (χ1v) is 8.85. The van der Waals surface area contributed by atoms with E-state index in [1.165, 1.54) is 11.3 Å². The first-order valence-electron chi connectivity index (χ1n) is 6.05. The van der Waals surface area contributed by atoms with Crippen LogP contribution in [0.25, 0.3) is 0 Å². The highest BCUT2D eigenvalue weighted by atomic mass is 35.5. The minimum Gasteiger partial charge on any atom is -0.388 e. The molecule has 0 aliphatic carbocycles. The summed E-state index contributed by atoms with van der Waals surface area (Å²) in [4.78, 5) is -0.112. The normalized spacial score (nSPS) is 13.3. The number of rotatable bonds is 6. The van der Waals surface area contributed by atoms with E-state index in [0.717, 1.165) is 23.8 Å². The van der Waals surface area contributed by atoms with Crippen molar-refractivity contribution >= 4 is 33.0 Å². The van der Waals surface area contributed by atoms with Crippen LogP contribution in [0, 0.1) is 5.82 Å². The molecule has 21 heavy (non-hydrogen) atoms. The van der Waals surface area contributed by atoms with Gasteiger partial charge in [-0.25, -0.2) is 17.5 Å². The fourth-order valence-electron chi connectivity index (χ4n) is 1.69. The first kappa shape index (κ1) is 16.4. The Morgan fingerprint density at radius 3 is 2.76 bits per heavy atom. The fourth-order valence-corrected chi connectivity index (χ4v) is 3.71. The van der Waals surface area contributed by atoms with Crippen LogP contribution in [0.3, 0.4) is 0 Å². The summed E-state index contributed by atoms with van der Waals surface area (Å²) in [5.41, 5.74) is 0.754. The maximum atomic E-state index is 13.0. The molecule has 0 spiro atoms. The second-order valence-electron chi connectivity index (χ2n) is 4.33. The molecule has 1 atom stereocenters. The lowest BCUT2D eigenvalue weighted by molar-refractivity contribution is 0.169. The van der Waals surface area contributed by atoms with Crippen molar-refractivity contribution in [2.75, 3.05) is 6.54 Å². The molecule has 0 fully saturated rings. The van der Waals surface area contributed by atoms with E-state index >= 15 is 0 Å². The molecule has 2 N–H and O–H groups in total. The maximum Gasteiger partial charge on any atom is 0.240 e. The van der Waals surface area contributed by atoms with Crippen LogP contribution in [0.15, 0.2) is 39.9 Å². The SMILES string of the molecule is O=S(=O)(NCC[C@@H](O)c1ccsc1)c1ccc(F)c(Cl)c1. The molecular formula is C13H13ClFNO3S2. The molecule has 1 heterocycles. The largest absolute Gasteiger partial charge is 0.388 e. The van der Waals surface area contributed by atoms with Crippen LogP contribution in [0.2, 0.25) is 5.02 Å². The summed E-state index contributed by atoms with van der Waals surface area (Å²) >= 11 is 7.02. The van der Waals surface area contributed by atoms with Gasteiger partial charge in [-0.15, -0.1) is 0 Å². The van der Waals surface area contributed by atoms with Gasteiger partial charge in [-0.05, 0) is 47.0 Å². The Kier molecular flexibility index (Phi) is 5.34.